The van der Waals surface area contributed by atoms with E-state index >= 15 is 0 Å². The van der Waals surface area contributed by atoms with Gasteiger partial charge in [0.05, 0.1) is 6.61 Å². The van der Waals surface area contributed by atoms with Gasteiger partial charge in [0.1, 0.15) is 11.5 Å². The number of rotatable bonds is 7. The fraction of sp³-hybridized carbons (Fsp3) is 0.300. The summed E-state index contributed by atoms with van der Waals surface area (Å²) in [7, 11) is 0. The summed E-state index contributed by atoms with van der Waals surface area (Å²) in [6, 6.07) is 15.0. The predicted octanol–water partition coefficient (Wildman–Crippen LogP) is 3.43. The molecule has 0 spiro atoms. The third kappa shape index (κ3) is 6.79. The lowest BCUT2D eigenvalue weighted by atomic mass is 10.1. The molecule has 6 nitrogen and oxygen atoms in total. The van der Waals surface area contributed by atoms with Crippen molar-refractivity contribution in [1.82, 2.24) is 10.9 Å². The topological polar surface area (TPSA) is 71.6 Å². The number of thiocarbonyl (C=S) groups is 1. The van der Waals surface area contributed by atoms with E-state index in [9.17, 15) is 4.79 Å². The Morgan fingerprint density at radius 3 is 2.44 bits per heavy atom. The summed E-state index contributed by atoms with van der Waals surface area (Å²) < 4.78 is 11.0. The van der Waals surface area contributed by atoms with Crippen molar-refractivity contribution >= 4 is 28.9 Å². The first-order chi connectivity index (χ1) is 13.0. The van der Waals surface area contributed by atoms with Crippen LogP contribution in [-0.4, -0.2) is 23.7 Å². The molecule has 144 valence electrons. The van der Waals surface area contributed by atoms with E-state index in [0.717, 1.165) is 17.9 Å². The van der Waals surface area contributed by atoms with Gasteiger partial charge in [0.2, 0.25) is 0 Å². The van der Waals surface area contributed by atoms with Crippen molar-refractivity contribution < 1.29 is 14.3 Å². The molecule has 7 heteroatoms. The van der Waals surface area contributed by atoms with Crippen LogP contribution in [0.15, 0.2) is 48.5 Å². The largest absolute Gasteiger partial charge is 0.494 e. The second-order valence-electron chi connectivity index (χ2n) is 5.79. The van der Waals surface area contributed by atoms with E-state index in [2.05, 4.69) is 23.1 Å². The first-order valence-electron chi connectivity index (χ1n) is 8.87. The van der Waals surface area contributed by atoms with Gasteiger partial charge in [-0.3, -0.25) is 15.6 Å². The minimum absolute atomic E-state index is 0.296. The van der Waals surface area contributed by atoms with Crippen molar-refractivity contribution in [3.63, 3.8) is 0 Å². The van der Waals surface area contributed by atoms with E-state index in [4.69, 9.17) is 21.7 Å². The summed E-state index contributed by atoms with van der Waals surface area (Å²) in [5.74, 6) is 1.00. The van der Waals surface area contributed by atoms with Crippen molar-refractivity contribution in [3.8, 4) is 11.5 Å². The Morgan fingerprint density at radius 2 is 1.78 bits per heavy atom. The zero-order chi connectivity index (χ0) is 19.6. The summed E-state index contributed by atoms with van der Waals surface area (Å²) in [5.41, 5.74) is 7.28. The lowest BCUT2D eigenvalue weighted by Crippen LogP contribution is -2.48. The number of carbonyl (C=O) groups is 1. The third-order valence-corrected chi connectivity index (χ3v) is 3.91. The summed E-state index contributed by atoms with van der Waals surface area (Å²) in [6.07, 6.45) is 0.244. The van der Waals surface area contributed by atoms with Crippen LogP contribution in [0, 0.1) is 0 Å². The number of hydrogen-bond donors (Lipinski definition) is 3. The van der Waals surface area contributed by atoms with Gasteiger partial charge in [-0.1, -0.05) is 19.1 Å². The number of hydrazine groups is 1. The van der Waals surface area contributed by atoms with Gasteiger partial charge >= 0.3 is 0 Å². The van der Waals surface area contributed by atoms with Gasteiger partial charge in [0.15, 0.2) is 11.2 Å². The van der Waals surface area contributed by atoms with Crippen LogP contribution in [0.5, 0.6) is 11.5 Å². The summed E-state index contributed by atoms with van der Waals surface area (Å²) in [5, 5.41) is 3.33. The molecule has 1 amide bonds. The molecular formula is C20H25N3O3S. The van der Waals surface area contributed by atoms with Crippen LogP contribution in [0.1, 0.15) is 26.3 Å². The van der Waals surface area contributed by atoms with E-state index in [1.54, 1.807) is 31.2 Å². The first kappa shape index (κ1) is 20.5. The predicted molar refractivity (Wildman–Crippen MR) is 111 cm³/mol. The Balaban J connectivity index is 1.78. The minimum atomic E-state index is -0.693. The molecule has 2 aromatic carbocycles. The fourth-order valence-corrected chi connectivity index (χ4v) is 2.46. The molecule has 0 aromatic heterocycles. The monoisotopic (exact) mass is 387 g/mol. The summed E-state index contributed by atoms with van der Waals surface area (Å²) >= 11 is 5.20. The second-order valence-corrected chi connectivity index (χ2v) is 6.20. The van der Waals surface area contributed by atoms with Crippen molar-refractivity contribution in [2.75, 3.05) is 11.9 Å². The highest BCUT2D eigenvalue weighted by Gasteiger charge is 2.15. The van der Waals surface area contributed by atoms with Crippen molar-refractivity contribution in [2.45, 2.75) is 33.3 Å². The number of nitrogens with one attached hydrogen (secondary N) is 3. The SMILES string of the molecule is CCOc1ccc(O[C@@H](C)C(=O)NNC(=S)Nc2cccc(CC)c2)cc1. The van der Waals surface area contributed by atoms with Crippen LogP contribution in [-0.2, 0) is 11.2 Å². The van der Waals surface area contributed by atoms with E-state index in [-0.39, 0.29) is 5.91 Å². The highest BCUT2D eigenvalue weighted by Crippen LogP contribution is 2.18. The van der Waals surface area contributed by atoms with Crippen molar-refractivity contribution in [1.29, 1.82) is 0 Å². The van der Waals surface area contributed by atoms with E-state index in [1.807, 2.05) is 31.2 Å². The highest BCUT2D eigenvalue weighted by molar-refractivity contribution is 7.80. The highest BCUT2D eigenvalue weighted by atomic mass is 32.1. The smallest absolute Gasteiger partial charge is 0.279 e. The molecule has 0 bridgehead atoms. The van der Waals surface area contributed by atoms with Gasteiger partial charge in [0.25, 0.3) is 5.91 Å². The molecule has 0 saturated carbocycles. The van der Waals surface area contributed by atoms with Gasteiger partial charge < -0.3 is 14.8 Å². The Hall–Kier alpha value is -2.80. The second kappa shape index (κ2) is 10.4. The van der Waals surface area contributed by atoms with Crippen LogP contribution in [0.2, 0.25) is 0 Å². The molecule has 3 N–H and O–H groups in total. The van der Waals surface area contributed by atoms with Crippen molar-refractivity contribution in [2.24, 2.45) is 0 Å². The Kier molecular flexibility index (Phi) is 7.88. The molecule has 0 aliphatic carbocycles. The number of amides is 1. The van der Waals surface area contributed by atoms with Gasteiger partial charge in [-0.2, -0.15) is 0 Å². The molecule has 0 aliphatic rings. The average Bonchev–Trinajstić information content (AvgIpc) is 2.68. The number of aryl methyl sites for hydroxylation is 1. The molecule has 0 radical (unpaired) electrons. The van der Waals surface area contributed by atoms with Crippen LogP contribution in [0.3, 0.4) is 0 Å². The standard InChI is InChI=1S/C20H25N3O3S/c1-4-15-7-6-8-16(13-15)21-20(27)23-22-19(24)14(3)26-18-11-9-17(10-12-18)25-5-2/h6-14H,4-5H2,1-3H3,(H,22,24)(H2,21,23,27)/t14-/m0/s1. The minimum Gasteiger partial charge on any atom is -0.494 e. The molecule has 0 unspecified atom stereocenters. The van der Waals surface area contributed by atoms with Crippen LogP contribution in [0.25, 0.3) is 0 Å². The Morgan fingerprint density at radius 1 is 1.07 bits per heavy atom. The number of hydrogen-bond acceptors (Lipinski definition) is 4. The quantitative estimate of drug-likeness (QED) is 0.499. The molecule has 1 atom stereocenters. The Bertz CT molecular complexity index is 765. The van der Waals surface area contributed by atoms with Gasteiger partial charge in [0, 0.05) is 5.69 Å². The molecule has 2 rings (SSSR count). The number of anilines is 1. The zero-order valence-corrected chi connectivity index (χ0v) is 16.6. The van der Waals surface area contributed by atoms with Crippen LogP contribution < -0.4 is 25.6 Å². The Labute approximate surface area is 165 Å². The van der Waals surface area contributed by atoms with Crippen molar-refractivity contribution in [3.05, 3.63) is 54.1 Å². The normalized spacial score (nSPS) is 11.2. The number of ether oxygens (including phenoxy) is 2. The first-order valence-corrected chi connectivity index (χ1v) is 9.28. The van der Waals surface area contributed by atoms with Crippen LogP contribution in [0.4, 0.5) is 5.69 Å². The molecular weight excluding hydrogens is 362 g/mol. The van der Waals surface area contributed by atoms with E-state index < -0.39 is 6.10 Å². The van der Waals surface area contributed by atoms with E-state index in [1.165, 1.54) is 5.56 Å². The van der Waals surface area contributed by atoms with Gasteiger partial charge in [-0.05, 0) is 74.4 Å². The molecule has 27 heavy (non-hydrogen) atoms. The molecule has 0 fully saturated rings. The van der Waals surface area contributed by atoms with Crippen LogP contribution >= 0.6 is 12.2 Å². The maximum Gasteiger partial charge on any atom is 0.279 e. The zero-order valence-electron chi connectivity index (χ0n) is 15.7. The summed E-state index contributed by atoms with van der Waals surface area (Å²) in [4.78, 5) is 12.2. The molecule has 0 saturated heterocycles. The van der Waals surface area contributed by atoms with Gasteiger partial charge in [-0.15, -0.1) is 0 Å². The average molecular weight is 388 g/mol. The van der Waals surface area contributed by atoms with E-state index in [0.29, 0.717) is 17.5 Å². The third-order valence-electron chi connectivity index (χ3n) is 3.71. The lowest BCUT2D eigenvalue weighted by molar-refractivity contribution is -0.127. The fourth-order valence-electron chi connectivity index (χ4n) is 2.29. The number of carbonyl (C=O) groups excluding carboxylic acids is 1. The number of benzene rings is 2. The maximum atomic E-state index is 12.2. The molecule has 2 aromatic rings. The maximum absolute atomic E-state index is 12.2. The molecule has 0 aliphatic heterocycles. The lowest BCUT2D eigenvalue weighted by Gasteiger charge is -2.17. The summed E-state index contributed by atoms with van der Waals surface area (Å²) in [6.45, 7) is 6.27. The van der Waals surface area contributed by atoms with Gasteiger partial charge in [-0.25, -0.2) is 0 Å². The molecule has 0 heterocycles.